The van der Waals surface area contributed by atoms with E-state index in [0.717, 1.165) is 5.56 Å². The number of methoxy groups -OCH3 is 1. The van der Waals surface area contributed by atoms with Crippen molar-refractivity contribution in [2.45, 2.75) is 6.92 Å². The van der Waals surface area contributed by atoms with Gasteiger partial charge in [-0.25, -0.2) is 0 Å². The summed E-state index contributed by atoms with van der Waals surface area (Å²) in [5.41, 5.74) is 1.61. The van der Waals surface area contributed by atoms with Crippen LogP contribution in [-0.4, -0.2) is 17.9 Å². The van der Waals surface area contributed by atoms with Gasteiger partial charge in [0.05, 0.1) is 23.7 Å². The minimum atomic E-state index is -0.564. The SMILES string of the molecule is COc1cc(C(=O)Nc2cccc(C)c2)cc([N+](=O)[O-])c1. The lowest BCUT2D eigenvalue weighted by Crippen LogP contribution is -2.12. The van der Waals surface area contributed by atoms with Gasteiger partial charge in [0.2, 0.25) is 0 Å². The molecule has 21 heavy (non-hydrogen) atoms. The van der Waals surface area contributed by atoms with Gasteiger partial charge >= 0.3 is 0 Å². The highest BCUT2D eigenvalue weighted by atomic mass is 16.6. The van der Waals surface area contributed by atoms with E-state index in [9.17, 15) is 14.9 Å². The Bertz CT molecular complexity index is 698. The molecule has 6 nitrogen and oxygen atoms in total. The largest absolute Gasteiger partial charge is 0.496 e. The molecule has 0 aliphatic heterocycles. The Morgan fingerprint density at radius 3 is 2.62 bits per heavy atom. The molecule has 0 saturated heterocycles. The van der Waals surface area contributed by atoms with Gasteiger partial charge in [-0.1, -0.05) is 12.1 Å². The van der Waals surface area contributed by atoms with Gasteiger partial charge in [-0.15, -0.1) is 0 Å². The molecular weight excluding hydrogens is 272 g/mol. The highest BCUT2D eigenvalue weighted by Crippen LogP contribution is 2.23. The number of nitrogens with zero attached hydrogens (tertiary/aromatic N) is 1. The summed E-state index contributed by atoms with van der Waals surface area (Å²) in [5, 5.41) is 13.6. The summed E-state index contributed by atoms with van der Waals surface area (Å²) in [4.78, 5) is 22.5. The van der Waals surface area contributed by atoms with Crippen LogP contribution in [0.15, 0.2) is 42.5 Å². The average molecular weight is 286 g/mol. The monoisotopic (exact) mass is 286 g/mol. The Labute approximate surface area is 121 Å². The van der Waals surface area contributed by atoms with Crippen molar-refractivity contribution in [3.8, 4) is 5.75 Å². The van der Waals surface area contributed by atoms with Crippen LogP contribution in [0.25, 0.3) is 0 Å². The van der Waals surface area contributed by atoms with E-state index in [2.05, 4.69) is 5.32 Å². The van der Waals surface area contributed by atoms with Crippen LogP contribution in [0.3, 0.4) is 0 Å². The van der Waals surface area contributed by atoms with Gasteiger partial charge in [0.25, 0.3) is 11.6 Å². The van der Waals surface area contributed by atoms with Crippen molar-refractivity contribution in [2.24, 2.45) is 0 Å². The minimum Gasteiger partial charge on any atom is -0.496 e. The van der Waals surface area contributed by atoms with Crippen LogP contribution in [0.4, 0.5) is 11.4 Å². The fourth-order valence-electron chi connectivity index (χ4n) is 1.86. The molecule has 0 fully saturated rings. The second kappa shape index (κ2) is 6.04. The third-order valence-electron chi connectivity index (χ3n) is 2.88. The van der Waals surface area contributed by atoms with Crippen LogP contribution >= 0.6 is 0 Å². The first kappa shape index (κ1) is 14.5. The van der Waals surface area contributed by atoms with Gasteiger partial charge in [-0.05, 0) is 30.7 Å². The van der Waals surface area contributed by atoms with Gasteiger partial charge in [0.1, 0.15) is 5.75 Å². The van der Waals surface area contributed by atoms with E-state index in [-0.39, 0.29) is 17.0 Å². The highest BCUT2D eigenvalue weighted by Gasteiger charge is 2.15. The molecular formula is C15H14N2O4. The molecule has 0 aliphatic carbocycles. The Hall–Kier alpha value is -2.89. The molecule has 1 N–H and O–H groups in total. The van der Waals surface area contributed by atoms with Gasteiger partial charge in [-0.3, -0.25) is 14.9 Å². The summed E-state index contributed by atoms with van der Waals surface area (Å²) in [6.07, 6.45) is 0. The number of carbonyl (C=O) groups excluding carboxylic acids is 1. The summed E-state index contributed by atoms with van der Waals surface area (Å²) in [7, 11) is 1.39. The fourth-order valence-corrected chi connectivity index (χ4v) is 1.86. The number of non-ortho nitro benzene ring substituents is 1. The summed E-state index contributed by atoms with van der Waals surface area (Å²) in [6.45, 7) is 1.91. The van der Waals surface area contributed by atoms with Crippen molar-refractivity contribution in [1.82, 2.24) is 0 Å². The van der Waals surface area contributed by atoms with Crippen LogP contribution in [0.1, 0.15) is 15.9 Å². The second-order valence-corrected chi connectivity index (χ2v) is 4.50. The topological polar surface area (TPSA) is 81.5 Å². The number of nitro groups is 1. The molecule has 0 spiro atoms. The zero-order chi connectivity index (χ0) is 15.4. The molecule has 0 bridgehead atoms. The van der Waals surface area contributed by atoms with Crippen molar-refractivity contribution in [1.29, 1.82) is 0 Å². The quantitative estimate of drug-likeness (QED) is 0.691. The molecule has 0 aromatic heterocycles. The van der Waals surface area contributed by atoms with Gasteiger partial charge in [-0.2, -0.15) is 0 Å². The summed E-state index contributed by atoms with van der Waals surface area (Å²) in [5.74, 6) is -0.166. The first-order valence-electron chi connectivity index (χ1n) is 6.21. The molecule has 6 heteroatoms. The summed E-state index contributed by atoms with van der Waals surface area (Å²) < 4.78 is 4.98. The first-order valence-corrected chi connectivity index (χ1v) is 6.21. The van der Waals surface area contributed by atoms with Crippen molar-refractivity contribution < 1.29 is 14.5 Å². The number of nitro benzene ring substituents is 1. The van der Waals surface area contributed by atoms with E-state index in [1.54, 1.807) is 6.07 Å². The van der Waals surface area contributed by atoms with E-state index in [4.69, 9.17) is 4.74 Å². The standard InChI is InChI=1S/C15H14N2O4/c1-10-4-3-5-12(6-10)16-15(18)11-7-13(17(19)20)9-14(8-11)21-2/h3-9H,1-2H3,(H,16,18). The third kappa shape index (κ3) is 3.56. The van der Waals surface area contributed by atoms with Crippen LogP contribution in [0.5, 0.6) is 5.75 Å². The van der Waals surface area contributed by atoms with Crippen molar-refractivity contribution in [3.63, 3.8) is 0 Å². The van der Waals surface area contributed by atoms with E-state index in [1.165, 1.54) is 25.3 Å². The first-order chi connectivity index (χ1) is 9.99. The number of nitrogens with one attached hydrogen (secondary N) is 1. The van der Waals surface area contributed by atoms with E-state index >= 15 is 0 Å². The number of amides is 1. The minimum absolute atomic E-state index is 0.169. The average Bonchev–Trinajstić information content (AvgIpc) is 2.46. The number of aryl methyl sites for hydroxylation is 1. The van der Waals surface area contributed by atoms with E-state index < -0.39 is 10.8 Å². The molecule has 1 amide bonds. The van der Waals surface area contributed by atoms with Crippen molar-refractivity contribution in [3.05, 3.63) is 63.7 Å². The highest BCUT2D eigenvalue weighted by molar-refractivity contribution is 6.05. The zero-order valence-electron chi connectivity index (χ0n) is 11.6. The maximum absolute atomic E-state index is 12.2. The second-order valence-electron chi connectivity index (χ2n) is 4.50. The molecule has 0 atom stereocenters. The Morgan fingerprint density at radius 2 is 2.00 bits per heavy atom. The van der Waals surface area contributed by atoms with Gasteiger partial charge in [0, 0.05) is 11.8 Å². The normalized spacial score (nSPS) is 10.0. The number of anilines is 1. The lowest BCUT2D eigenvalue weighted by atomic mass is 10.1. The van der Waals surface area contributed by atoms with Crippen molar-refractivity contribution >= 4 is 17.3 Å². The fraction of sp³-hybridized carbons (Fsp3) is 0.133. The number of carbonyl (C=O) groups is 1. The van der Waals surface area contributed by atoms with Crippen LogP contribution in [-0.2, 0) is 0 Å². The molecule has 108 valence electrons. The predicted octanol–water partition coefficient (Wildman–Crippen LogP) is 3.16. The van der Waals surface area contributed by atoms with Gasteiger partial charge in [0.15, 0.2) is 0 Å². The maximum atomic E-state index is 12.2. The predicted molar refractivity (Wildman–Crippen MR) is 78.8 cm³/mol. The number of rotatable bonds is 4. The number of hydrogen-bond donors (Lipinski definition) is 1. The molecule has 0 heterocycles. The number of hydrogen-bond acceptors (Lipinski definition) is 4. The molecule has 0 aliphatic rings. The molecule has 2 aromatic carbocycles. The lowest BCUT2D eigenvalue weighted by Gasteiger charge is -2.07. The maximum Gasteiger partial charge on any atom is 0.273 e. The zero-order valence-corrected chi connectivity index (χ0v) is 11.6. The van der Waals surface area contributed by atoms with Gasteiger partial charge < -0.3 is 10.1 Å². The van der Waals surface area contributed by atoms with Crippen molar-refractivity contribution in [2.75, 3.05) is 12.4 Å². The van der Waals surface area contributed by atoms with Crippen LogP contribution in [0.2, 0.25) is 0 Å². The molecule has 0 unspecified atom stereocenters. The molecule has 0 saturated carbocycles. The van der Waals surface area contributed by atoms with E-state index in [1.807, 2.05) is 25.1 Å². The van der Waals surface area contributed by atoms with E-state index in [0.29, 0.717) is 5.69 Å². The number of ether oxygens (including phenoxy) is 1. The van der Waals surface area contributed by atoms with Crippen LogP contribution in [0, 0.1) is 17.0 Å². The Balaban J connectivity index is 2.30. The Morgan fingerprint density at radius 1 is 1.24 bits per heavy atom. The molecule has 2 aromatic rings. The summed E-state index contributed by atoms with van der Waals surface area (Å²) >= 11 is 0. The number of benzene rings is 2. The molecule has 0 radical (unpaired) electrons. The third-order valence-corrected chi connectivity index (χ3v) is 2.88. The lowest BCUT2D eigenvalue weighted by molar-refractivity contribution is -0.384. The van der Waals surface area contributed by atoms with Crippen LogP contribution < -0.4 is 10.1 Å². The smallest absolute Gasteiger partial charge is 0.273 e. The summed E-state index contributed by atoms with van der Waals surface area (Å²) in [6, 6.07) is 11.2. The Kier molecular flexibility index (Phi) is 4.18. The molecule has 2 rings (SSSR count).